The highest BCUT2D eigenvalue weighted by molar-refractivity contribution is 6.72. The Morgan fingerprint density at radius 2 is 1.74 bits per heavy atom. The Bertz CT molecular complexity index is 2040. The molecular weight excluding hydrogens is 692 g/mol. The maximum absolute atomic E-state index is 16.5. The molecule has 1 fully saturated rings. The smallest absolute Gasteiger partial charge is 0.264 e. The quantitative estimate of drug-likeness (QED) is 0.106. The minimum Gasteiger partial charge on any atom is -0.497 e. The molecule has 12 heteroatoms. The molecule has 0 bridgehead atoms. The number of nitrogens with two attached hydrogens (primary N) is 1. The zero-order chi connectivity index (χ0) is 37.7. The van der Waals surface area contributed by atoms with Crippen molar-refractivity contribution in [3.8, 4) is 5.75 Å². The number of nitrogens with zero attached hydrogens (tertiary/aromatic N) is 2. The van der Waals surface area contributed by atoms with Crippen molar-refractivity contribution in [2.45, 2.75) is 69.2 Å². The number of methoxy groups -OCH3 is 1. The molecule has 4 aromatic carbocycles. The molecule has 10 nitrogen and oxygen atoms in total. The minimum atomic E-state index is -3.55. The molecule has 0 radical (unpaired) electrons. The van der Waals surface area contributed by atoms with E-state index >= 15 is 4.11 Å². The highest BCUT2D eigenvalue weighted by Crippen LogP contribution is 2.60. The van der Waals surface area contributed by atoms with Crippen molar-refractivity contribution in [2.24, 2.45) is 5.92 Å². The second-order valence-electron chi connectivity index (χ2n) is 14.9. The number of hydrogen-bond donors (Lipinski definition) is 3. The lowest BCUT2D eigenvalue weighted by atomic mass is 9.82. The number of amides is 3. The van der Waals surface area contributed by atoms with Gasteiger partial charge in [-0.2, -0.15) is 0 Å². The van der Waals surface area contributed by atoms with Gasteiger partial charge in [-0.25, -0.2) is 0 Å². The summed E-state index contributed by atoms with van der Waals surface area (Å²) < 4.78 is 29.0. The van der Waals surface area contributed by atoms with E-state index in [9.17, 15) is 19.5 Å². The molecule has 3 aliphatic rings. The van der Waals surface area contributed by atoms with E-state index in [1.807, 2.05) is 49.4 Å². The monoisotopic (exact) mass is 736 g/mol. The van der Waals surface area contributed by atoms with Gasteiger partial charge in [0.25, 0.3) is 11.8 Å². The van der Waals surface area contributed by atoms with Crippen molar-refractivity contribution < 1.29 is 33.1 Å². The number of nitrogens with one attached hydrogen (secondary N) is 1. The third kappa shape index (κ3) is 6.60. The predicted octanol–water partition coefficient (Wildman–Crippen LogP) is 6.19. The van der Waals surface area contributed by atoms with E-state index < -0.39 is 37.6 Å². The number of benzene rings is 4. The van der Waals surface area contributed by atoms with E-state index in [1.54, 1.807) is 78.5 Å². The third-order valence-corrected chi connectivity index (χ3v) is 13.6. The number of ether oxygens (including phenoxy) is 2. The molecule has 0 aromatic heterocycles. The molecule has 1 spiro atoms. The van der Waals surface area contributed by atoms with Gasteiger partial charge in [-0.1, -0.05) is 43.3 Å². The maximum Gasteiger partial charge on any atom is 0.264 e. The van der Waals surface area contributed by atoms with E-state index in [0.29, 0.717) is 46.9 Å². The van der Waals surface area contributed by atoms with Crippen molar-refractivity contribution >= 4 is 43.2 Å². The Balaban J connectivity index is 1.17. The lowest BCUT2D eigenvalue weighted by Crippen LogP contribution is -2.48. The average molecular weight is 737 g/mol. The van der Waals surface area contributed by atoms with Gasteiger partial charge in [-0.3, -0.25) is 14.4 Å². The molecular formula is C41H45FN4O6Si. The van der Waals surface area contributed by atoms with Gasteiger partial charge in [-0.05, 0) is 90.8 Å². The van der Waals surface area contributed by atoms with Crippen molar-refractivity contribution in [1.82, 2.24) is 4.90 Å². The fourth-order valence-electron chi connectivity index (χ4n) is 8.56. The van der Waals surface area contributed by atoms with Crippen molar-refractivity contribution in [3.05, 3.63) is 119 Å². The van der Waals surface area contributed by atoms with E-state index in [2.05, 4.69) is 5.32 Å². The third-order valence-electron chi connectivity index (χ3n) is 11.2. The average Bonchev–Trinajstić information content (AvgIpc) is 3.57. The Morgan fingerprint density at radius 3 is 2.40 bits per heavy atom. The molecule has 1 saturated heterocycles. The molecule has 276 valence electrons. The number of halogens is 1. The molecule has 0 unspecified atom stereocenters. The molecule has 5 atom stereocenters. The van der Waals surface area contributed by atoms with Crippen LogP contribution in [0.15, 0.2) is 91.0 Å². The van der Waals surface area contributed by atoms with Crippen LogP contribution in [0.25, 0.3) is 0 Å². The Kier molecular flexibility index (Phi) is 9.64. The number of nitrogen functional groups attached to an aromatic ring is 1. The van der Waals surface area contributed by atoms with E-state index in [0.717, 1.165) is 16.7 Å². The first-order valence-corrected chi connectivity index (χ1v) is 20.9. The van der Waals surface area contributed by atoms with Crippen LogP contribution in [0.2, 0.25) is 18.6 Å². The number of hydrogen-bond acceptors (Lipinski definition) is 7. The van der Waals surface area contributed by atoms with Gasteiger partial charge in [0.2, 0.25) is 14.3 Å². The summed E-state index contributed by atoms with van der Waals surface area (Å²) in [6.45, 7) is 5.41. The van der Waals surface area contributed by atoms with Crippen molar-refractivity contribution in [2.75, 3.05) is 29.7 Å². The molecule has 7 rings (SSSR count). The van der Waals surface area contributed by atoms with Gasteiger partial charge in [0.1, 0.15) is 5.75 Å². The first-order chi connectivity index (χ1) is 25.3. The number of rotatable bonds is 9. The molecule has 3 amide bonds. The van der Waals surface area contributed by atoms with E-state index in [1.165, 1.54) is 0 Å². The Hall–Kier alpha value is -5.04. The fraction of sp³-hybridized carbons (Fsp3) is 0.341. The first-order valence-electron chi connectivity index (χ1n) is 17.9. The number of anilines is 3. The number of carbonyl (C=O) groups excluding carboxylic acids is 3. The van der Waals surface area contributed by atoms with Gasteiger partial charge in [-0.15, -0.1) is 0 Å². The van der Waals surface area contributed by atoms with Crippen LogP contribution in [0.5, 0.6) is 5.75 Å². The summed E-state index contributed by atoms with van der Waals surface area (Å²) in [4.78, 5) is 45.1. The van der Waals surface area contributed by atoms with Crippen LogP contribution in [-0.4, -0.2) is 62.0 Å². The van der Waals surface area contributed by atoms with E-state index in [-0.39, 0.29) is 37.3 Å². The molecule has 4 N–H and O–H groups in total. The lowest BCUT2D eigenvalue weighted by molar-refractivity contribution is -0.151. The van der Waals surface area contributed by atoms with E-state index in [4.69, 9.17) is 15.2 Å². The molecule has 3 heterocycles. The standard InChI is InChI=1S/C41H45FN4O6Si/c1-25-38(53(3,4)42)36(21-37(48)45-23-29-8-6-5-7-28(29)19-32(45)24-47)52-41(25)34-20-33(51-2)17-18-35(34)46(40(41)50)22-26-9-15-31(16-10-26)44-39(49)27-11-13-30(43)14-12-27/h5-18,20,25,32,36,38,47H,19,21-24,43H2,1-4H3,(H,44,49)/t25-,32+,36+,38-,41+/m1/s1. The molecule has 4 aromatic rings. The van der Waals surface area contributed by atoms with Crippen LogP contribution < -0.4 is 20.7 Å². The summed E-state index contributed by atoms with van der Waals surface area (Å²) in [7, 11) is -2.00. The largest absolute Gasteiger partial charge is 0.497 e. The summed E-state index contributed by atoms with van der Waals surface area (Å²) in [6, 6.07) is 26.7. The summed E-state index contributed by atoms with van der Waals surface area (Å²) in [5, 5.41) is 13.2. The van der Waals surface area contributed by atoms with Gasteiger partial charge in [0.15, 0.2) is 5.60 Å². The topological polar surface area (TPSA) is 134 Å². The minimum absolute atomic E-state index is 0.119. The van der Waals surface area contributed by atoms with Crippen molar-refractivity contribution in [3.63, 3.8) is 0 Å². The Morgan fingerprint density at radius 1 is 1.04 bits per heavy atom. The van der Waals surface area contributed by atoms with Crippen LogP contribution in [0.4, 0.5) is 21.2 Å². The Labute approximate surface area is 309 Å². The van der Waals surface area contributed by atoms with Gasteiger partial charge >= 0.3 is 0 Å². The second kappa shape index (κ2) is 14.1. The van der Waals surface area contributed by atoms with Crippen LogP contribution >= 0.6 is 0 Å². The van der Waals surface area contributed by atoms with Crippen molar-refractivity contribution in [1.29, 1.82) is 0 Å². The summed E-state index contributed by atoms with van der Waals surface area (Å²) in [6.07, 6.45) is -0.466. The highest BCUT2D eigenvalue weighted by Gasteiger charge is 2.67. The fourth-order valence-corrected chi connectivity index (χ4v) is 11.0. The van der Waals surface area contributed by atoms with Crippen LogP contribution in [-0.2, 0) is 39.4 Å². The molecule has 3 aliphatic heterocycles. The van der Waals surface area contributed by atoms with Gasteiger partial charge in [0, 0.05) is 40.5 Å². The molecule has 53 heavy (non-hydrogen) atoms. The number of aliphatic hydroxyl groups excluding tert-OH is 1. The predicted molar refractivity (Wildman–Crippen MR) is 204 cm³/mol. The van der Waals surface area contributed by atoms with Crippen LogP contribution in [0.3, 0.4) is 0 Å². The summed E-state index contributed by atoms with van der Waals surface area (Å²) >= 11 is 0. The maximum atomic E-state index is 16.5. The zero-order valence-electron chi connectivity index (χ0n) is 30.3. The second-order valence-corrected chi connectivity index (χ2v) is 18.6. The van der Waals surface area contributed by atoms with Gasteiger partial charge in [0.05, 0.1) is 44.5 Å². The van der Waals surface area contributed by atoms with Gasteiger partial charge < -0.3 is 39.5 Å². The normalized spacial score (nSPS) is 23.5. The summed E-state index contributed by atoms with van der Waals surface area (Å²) in [5.74, 6) is -0.916. The number of aliphatic hydroxyl groups is 1. The number of fused-ring (bicyclic) bond motifs is 3. The zero-order valence-corrected chi connectivity index (χ0v) is 31.3. The summed E-state index contributed by atoms with van der Waals surface area (Å²) in [5.41, 5.74) is 9.27. The number of carbonyl (C=O) groups is 3. The lowest BCUT2D eigenvalue weighted by Gasteiger charge is -2.37. The van der Waals surface area contributed by atoms with Crippen LogP contribution in [0, 0.1) is 5.92 Å². The first kappa shape index (κ1) is 36.3. The molecule has 0 saturated carbocycles. The SMILES string of the molecule is COc1ccc2c(c1)[C@]1(O[C@@H](CC(=O)N3Cc4ccccc4C[C@H]3CO)[C@H]([Si](C)(C)F)[C@H]1C)C(=O)N2Cc1ccc(NC(=O)c2ccc(N)cc2)cc1. The highest BCUT2D eigenvalue weighted by atomic mass is 28.4. The molecule has 0 aliphatic carbocycles. The van der Waals surface area contributed by atoms with Crippen LogP contribution in [0.1, 0.15) is 46.0 Å².